The lowest BCUT2D eigenvalue weighted by Crippen LogP contribution is -2.51. The van der Waals surface area contributed by atoms with Gasteiger partial charge in [0.05, 0.1) is 12.4 Å². The van der Waals surface area contributed by atoms with Crippen molar-refractivity contribution in [3.05, 3.63) is 35.9 Å². The van der Waals surface area contributed by atoms with Crippen molar-refractivity contribution in [2.45, 2.75) is 49.6 Å². The Morgan fingerprint density at radius 1 is 1.24 bits per heavy atom. The molecule has 8 nitrogen and oxygen atoms in total. The molecule has 1 fully saturated rings. The molecular formula is C17H20N5O3. The number of hydrogen-bond donors (Lipinski definition) is 3. The molecule has 0 saturated carbocycles. The Balaban J connectivity index is 1.54. The minimum Gasteiger partial charge on any atom is -0.387 e. The fourth-order valence-electron chi connectivity index (χ4n) is 3.54. The van der Waals surface area contributed by atoms with Gasteiger partial charge in [0.1, 0.15) is 30.4 Å². The van der Waals surface area contributed by atoms with Crippen LogP contribution in [0.1, 0.15) is 18.4 Å². The summed E-state index contributed by atoms with van der Waals surface area (Å²) < 4.78 is 6.04. The number of aliphatic hydroxyl groups is 2. The zero-order valence-electron chi connectivity index (χ0n) is 13.7. The van der Waals surface area contributed by atoms with E-state index in [1.54, 1.807) is 11.2 Å². The molecule has 4 rings (SSSR count). The molecule has 0 spiro atoms. The first kappa shape index (κ1) is 16.2. The molecule has 3 aliphatic heterocycles. The molecule has 4 N–H and O–H groups in total. The lowest BCUT2D eigenvalue weighted by molar-refractivity contribution is -0.0719. The minimum absolute atomic E-state index is 0.0962. The van der Waals surface area contributed by atoms with E-state index in [4.69, 9.17) is 10.5 Å². The van der Waals surface area contributed by atoms with Crippen molar-refractivity contribution in [2.75, 3.05) is 0 Å². The fourth-order valence-corrected chi connectivity index (χ4v) is 3.54. The van der Waals surface area contributed by atoms with Gasteiger partial charge in [0.2, 0.25) is 0 Å². The molecule has 1 aromatic carbocycles. The summed E-state index contributed by atoms with van der Waals surface area (Å²) in [5.41, 5.74) is 6.87. The van der Waals surface area contributed by atoms with E-state index >= 15 is 0 Å². The molecule has 0 aromatic heterocycles. The van der Waals surface area contributed by atoms with E-state index in [2.05, 4.69) is 21.0 Å². The summed E-state index contributed by atoms with van der Waals surface area (Å²) in [5, 5.41) is 21.1. The second-order valence-corrected chi connectivity index (χ2v) is 6.48. The standard InChI is InChI=1S/C17H20N5O3/c1-9(10-5-3-2-4-6-10)14-12(23)13(24)17(25-14)22-8-21-11-15(18)19-7-20-16(11)22/h3-9,11-14,16-17,23-24H,1H3,(H2,18,19,20)/t9-,11?,12-,13-,14+,16?,17-/m1/s1. The Labute approximate surface area is 145 Å². The molecular weight excluding hydrogens is 322 g/mol. The summed E-state index contributed by atoms with van der Waals surface area (Å²) in [6, 6.07) is 10.1. The molecule has 3 heterocycles. The van der Waals surface area contributed by atoms with E-state index in [0.29, 0.717) is 5.84 Å². The fraction of sp³-hybridized carbons (Fsp3) is 0.471. The second-order valence-electron chi connectivity index (χ2n) is 6.48. The highest BCUT2D eigenvalue weighted by Gasteiger charge is 2.51. The third-order valence-corrected chi connectivity index (χ3v) is 5.01. The van der Waals surface area contributed by atoms with Gasteiger partial charge in [-0.2, -0.15) is 0 Å². The highest BCUT2D eigenvalue weighted by Crippen LogP contribution is 2.35. The summed E-state index contributed by atoms with van der Waals surface area (Å²) in [5.74, 6) is 0.276. The van der Waals surface area contributed by atoms with E-state index in [1.807, 2.05) is 31.2 Å². The van der Waals surface area contributed by atoms with Crippen LogP contribution in [0, 0.1) is 6.07 Å². The van der Waals surface area contributed by atoms with Gasteiger partial charge in [-0.25, -0.2) is 9.98 Å². The zero-order chi connectivity index (χ0) is 17.6. The van der Waals surface area contributed by atoms with Gasteiger partial charge >= 0.3 is 0 Å². The van der Waals surface area contributed by atoms with Crippen molar-refractivity contribution in [3.63, 3.8) is 0 Å². The van der Waals surface area contributed by atoms with E-state index in [1.165, 1.54) is 6.34 Å². The smallest absolute Gasteiger partial charge is 0.161 e. The Morgan fingerprint density at radius 3 is 2.76 bits per heavy atom. The van der Waals surface area contributed by atoms with E-state index in [-0.39, 0.29) is 12.0 Å². The first-order chi connectivity index (χ1) is 12.1. The van der Waals surface area contributed by atoms with Crippen LogP contribution in [-0.4, -0.2) is 70.4 Å². The van der Waals surface area contributed by atoms with Gasteiger partial charge in [0.15, 0.2) is 12.4 Å². The molecule has 131 valence electrons. The van der Waals surface area contributed by atoms with Crippen molar-refractivity contribution in [1.82, 2.24) is 4.90 Å². The largest absolute Gasteiger partial charge is 0.387 e. The molecule has 0 aliphatic carbocycles. The molecule has 8 heteroatoms. The van der Waals surface area contributed by atoms with Crippen molar-refractivity contribution >= 4 is 18.5 Å². The van der Waals surface area contributed by atoms with Crippen molar-refractivity contribution < 1.29 is 14.9 Å². The predicted molar refractivity (Wildman–Crippen MR) is 92.4 cm³/mol. The predicted octanol–water partition coefficient (Wildman–Crippen LogP) is -0.525. The number of aliphatic imine (C=N–C) groups is 3. The molecule has 3 aliphatic rings. The summed E-state index contributed by atoms with van der Waals surface area (Å²) in [6.07, 6.45) is -0.863. The van der Waals surface area contributed by atoms with Crippen LogP contribution in [0.5, 0.6) is 0 Å². The quantitative estimate of drug-likeness (QED) is 0.683. The average Bonchev–Trinajstić information content (AvgIpc) is 3.18. The van der Waals surface area contributed by atoms with Crippen molar-refractivity contribution in [3.8, 4) is 0 Å². The number of aliphatic hydroxyl groups excluding tert-OH is 2. The average molecular weight is 342 g/mol. The number of nitrogens with zero attached hydrogens (tertiary/aromatic N) is 4. The number of ether oxygens (including phenoxy) is 1. The van der Waals surface area contributed by atoms with Crippen LogP contribution in [0.2, 0.25) is 0 Å². The molecule has 2 unspecified atom stereocenters. The van der Waals surface area contributed by atoms with E-state index < -0.39 is 30.7 Å². The van der Waals surface area contributed by atoms with Gasteiger partial charge in [-0.1, -0.05) is 31.2 Å². The van der Waals surface area contributed by atoms with Gasteiger partial charge < -0.3 is 25.6 Å². The van der Waals surface area contributed by atoms with Crippen LogP contribution in [0.15, 0.2) is 39.2 Å². The normalized spacial score (nSPS) is 37.9. The highest BCUT2D eigenvalue weighted by molar-refractivity contribution is 5.96. The lowest BCUT2D eigenvalue weighted by Gasteiger charge is -2.32. The maximum absolute atomic E-state index is 10.5. The van der Waals surface area contributed by atoms with Crippen LogP contribution in [0.4, 0.5) is 0 Å². The number of nitrogens with two attached hydrogens (primary N) is 1. The first-order valence-electron chi connectivity index (χ1n) is 8.21. The second kappa shape index (κ2) is 6.21. The minimum atomic E-state index is -1.08. The van der Waals surface area contributed by atoms with Crippen LogP contribution in [0.25, 0.3) is 0 Å². The molecule has 0 bridgehead atoms. The third kappa shape index (κ3) is 2.62. The molecule has 7 atom stereocenters. The number of fused-ring (bicyclic) bond motifs is 1. The van der Waals surface area contributed by atoms with Gasteiger partial charge in [-0.05, 0) is 11.6 Å². The summed E-state index contributed by atoms with van der Waals surface area (Å²) in [7, 11) is 0. The van der Waals surface area contributed by atoms with Crippen LogP contribution < -0.4 is 5.73 Å². The van der Waals surface area contributed by atoms with Crippen LogP contribution >= 0.6 is 0 Å². The molecule has 25 heavy (non-hydrogen) atoms. The Morgan fingerprint density at radius 2 is 2.00 bits per heavy atom. The summed E-state index contributed by atoms with van der Waals surface area (Å²) in [6.45, 7) is 1.96. The van der Waals surface area contributed by atoms with Gasteiger partial charge in [0.25, 0.3) is 0 Å². The SMILES string of the molecule is C[C@H](c1cc[c]cc1)[C@@H]1O[C@@H](N2C=NC3C(N)=NC=NC32)[C@H](O)[C@H]1O. The summed E-state index contributed by atoms with van der Waals surface area (Å²) >= 11 is 0. The number of hydrogen-bond acceptors (Lipinski definition) is 8. The third-order valence-electron chi connectivity index (χ3n) is 5.01. The molecule has 1 aromatic rings. The van der Waals surface area contributed by atoms with Crippen molar-refractivity contribution in [2.24, 2.45) is 20.7 Å². The Kier molecular flexibility index (Phi) is 4.03. The lowest BCUT2D eigenvalue weighted by atomic mass is 9.91. The number of rotatable bonds is 3. The monoisotopic (exact) mass is 342 g/mol. The molecule has 1 saturated heterocycles. The highest BCUT2D eigenvalue weighted by atomic mass is 16.6. The Hall–Kier alpha value is -2.29. The topological polar surface area (TPSA) is 116 Å². The molecule has 0 amide bonds. The van der Waals surface area contributed by atoms with Crippen LogP contribution in [0.3, 0.4) is 0 Å². The maximum atomic E-state index is 10.5. The van der Waals surface area contributed by atoms with Gasteiger partial charge in [0, 0.05) is 5.92 Å². The summed E-state index contributed by atoms with van der Waals surface area (Å²) in [4.78, 5) is 14.2. The van der Waals surface area contributed by atoms with E-state index in [9.17, 15) is 10.2 Å². The van der Waals surface area contributed by atoms with Gasteiger partial charge in [-0.15, -0.1) is 0 Å². The molecule has 1 radical (unpaired) electrons. The van der Waals surface area contributed by atoms with Crippen molar-refractivity contribution in [1.29, 1.82) is 0 Å². The Bertz CT molecular complexity index is 722. The zero-order valence-corrected chi connectivity index (χ0v) is 13.7. The van der Waals surface area contributed by atoms with Gasteiger partial charge in [-0.3, -0.25) is 4.99 Å². The first-order valence-corrected chi connectivity index (χ1v) is 8.21. The maximum Gasteiger partial charge on any atom is 0.161 e. The number of benzene rings is 1. The van der Waals surface area contributed by atoms with Crippen LogP contribution in [-0.2, 0) is 4.74 Å². The van der Waals surface area contributed by atoms with E-state index in [0.717, 1.165) is 5.56 Å². The number of amidine groups is 1.